The minimum atomic E-state index is 0.952. The maximum absolute atomic E-state index is 4.80. The number of hydrogen-bond acceptors (Lipinski definition) is 2. The second-order valence-electron chi connectivity index (χ2n) is 11.2. The fraction of sp³-hybridized carbons (Fsp3) is 0.0909. The van der Waals surface area contributed by atoms with Crippen LogP contribution in [-0.4, -0.2) is 22.8 Å². The van der Waals surface area contributed by atoms with Gasteiger partial charge in [0, 0.05) is 46.8 Å². The molecule has 0 amide bonds. The van der Waals surface area contributed by atoms with Crippen molar-refractivity contribution in [3.8, 4) is 16.8 Å². The van der Waals surface area contributed by atoms with Crippen LogP contribution in [0, 0.1) is 0 Å². The highest BCUT2D eigenvalue weighted by atomic mass is 15.0. The van der Waals surface area contributed by atoms with Gasteiger partial charge in [-0.2, -0.15) is 0 Å². The summed E-state index contributed by atoms with van der Waals surface area (Å²) in [7, 11) is 1.78. The van der Waals surface area contributed by atoms with E-state index < -0.39 is 0 Å². The first-order valence-corrected chi connectivity index (χ1v) is 15.8. The van der Waals surface area contributed by atoms with Gasteiger partial charge in [0.15, 0.2) is 0 Å². The van der Waals surface area contributed by atoms with Gasteiger partial charge < -0.3 is 4.57 Å². The van der Waals surface area contributed by atoms with Crippen molar-refractivity contribution < 1.29 is 0 Å². The third-order valence-electron chi connectivity index (χ3n) is 8.17. The second kappa shape index (κ2) is 14.5. The summed E-state index contributed by atoms with van der Waals surface area (Å²) >= 11 is 0. The molecule has 0 radical (unpaired) electrons. The molecule has 4 aromatic carbocycles. The molecule has 6 rings (SSSR count). The van der Waals surface area contributed by atoms with Crippen LogP contribution < -0.4 is 0 Å². The number of para-hydroxylation sites is 1. The molecule has 0 bridgehead atoms. The van der Waals surface area contributed by atoms with Gasteiger partial charge in [0.1, 0.15) is 0 Å². The minimum absolute atomic E-state index is 0.952. The van der Waals surface area contributed by atoms with E-state index in [-0.39, 0.29) is 0 Å². The lowest BCUT2D eigenvalue weighted by Crippen LogP contribution is -2.01. The SMILES string of the molecule is C=C/C(C(=C)C)=C(/C=NC)c1ccc(-c2ccc(-n3c4ccccc4c4c5ncccc5ccc43)c(/C=C\C)c2C=C)cc1.C=CC. The van der Waals surface area contributed by atoms with Gasteiger partial charge in [0.2, 0.25) is 0 Å². The van der Waals surface area contributed by atoms with Gasteiger partial charge in [-0.25, -0.2) is 0 Å². The van der Waals surface area contributed by atoms with Crippen molar-refractivity contribution in [1.82, 2.24) is 9.55 Å². The van der Waals surface area contributed by atoms with Gasteiger partial charge in [-0.3, -0.25) is 9.98 Å². The third-order valence-corrected chi connectivity index (χ3v) is 8.17. The van der Waals surface area contributed by atoms with E-state index in [1.807, 2.05) is 44.5 Å². The van der Waals surface area contributed by atoms with Crippen LogP contribution in [0.25, 0.3) is 67.2 Å². The Morgan fingerprint density at radius 2 is 1.57 bits per heavy atom. The van der Waals surface area contributed by atoms with Crippen LogP contribution in [0.2, 0.25) is 0 Å². The molecule has 0 unspecified atom stereocenters. The monoisotopic (exact) mass is 611 g/mol. The van der Waals surface area contributed by atoms with Crippen LogP contribution in [0.3, 0.4) is 0 Å². The summed E-state index contributed by atoms with van der Waals surface area (Å²) in [6, 6.07) is 30.1. The molecule has 3 nitrogen and oxygen atoms in total. The summed E-state index contributed by atoms with van der Waals surface area (Å²) in [4.78, 5) is 9.10. The molecule has 0 aliphatic carbocycles. The smallest absolute Gasteiger partial charge is 0.0802 e. The molecule has 2 aromatic heterocycles. The molecule has 47 heavy (non-hydrogen) atoms. The molecule has 0 spiro atoms. The van der Waals surface area contributed by atoms with Gasteiger partial charge in [-0.05, 0) is 72.9 Å². The number of rotatable bonds is 8. The predicted octanol–water partition coefficient (Wildman–Crippen LogP) is 12.1. The second-order valence-corrected chi connectivity index (χ2v) is 11.2. The van der Waals surface area contributed by atoms with Crippen molar-refractivity contribution in [2.45, 2.75) is 20.8 Å². The maximum Gasteiger partial charge on any atom is 0.0802 e. The Morgan fingerprint density at radius 1 is 0.830 bits per heavy atom. The Morgan fingerprint density at radius 3 is 2.23 bits per heavy atom. The first-order valence-electron chi connectivity index (χ1n) is 15.8. The van der Waals surface area contributed by atoms with Gasteiger partial charge in [-0.15, -0.1) is 6.58 Å². The van der Waals surface area contributed by atoms with E-state index >= 15 is 0 Å². The lowest BCUT2D eigenvalue weighted by molar-refractivity contribution is 1.17. The number of pyridine rings is 1. The van der Waals surface area contributed by atoms with Gasteiger partial charge in [0.25, 0.3) is 0 Å². The summed E-state index contributed by atoms with van der Waals surface area (Å²) in [5.74, 6) is 0. The maximum atomic E-state index is 4.80. The van der Waals surface area contributed by atoms with Crippen molar-refractivity contribution >= 4 is 56.6 Å². The molecule has 0 aliphatic heterocycles. The van der Waals surface area contributed by atoms with Crippen molar-refractivity contribution in [2.75, 3.05) is 7.05 Å². The Hall–Kier alpha value is -5.80. The summed E-state index contributed by atoms with van der Waals surface area (Å²) in [6.07, 6.45) is 13.6. The number of benzene rings is 4. The Bertz CT molecular complexity index is 2230. The summed E-state index contributed by atoms with van der Waals surface area (Å²) in [5, 5.41) is 3.48. The largest absolute Gasteiger partial charge is 0.309 e. The minimum Gasteiger partial charge on any atom is -0.309 e. The normalized spacial score (nSPS) is 11.9. The Labute approximate surface area is 278 Å². The molecule has 2 heterocycles. The average Bonchev–Trinajstić information content (AvgIpc) is 3.43. The van der Waals surface area contributed by atoms with Crippen molar-refractivity contribution in [2.24, 2.45) is 4.99 Å². The summed E-state index contributed by atoms with van der Waals surface area (Å²) in [5.41, 5.74) is 12.8. The highest BCUT2D eigenvalue weighted by molar-refractivity contribution is 6.20. The first-order chi connectivity index (χ1) is 22.9. The zero-order chi connectivity index (χ0) is 33.5. The van der Waals surface area contributed by atoms with Crippen LogP contribution in [0.15, 0.2) is 152 Å². The predicted molar refractivity (Wildman–Crippen MR) is 209 cm³/mol. The van der Waals surface area contributed by atoms with E-state index in [1.165, 1.54) is 5.39 Å². The zero-order valence-electron chi connectivity index (χ0n) is 27.8. The standard InChI is InChI=1S/C41H35N3.C3H6/c1-7-13-34-32(9-3)33(28-17-19-29(20-18-28)36(26-42-6)31(8-2)27(4)5)22-24-38(34)44-37-16-11-10-15-35(37)40-39(44)23-21-30-14-12-25-43-41(30)40;1-3-2/h7-26H,2-4H2,1,5-6H3;3H,1H2,2H3/b13-7-,36-31+,42-26?;. The molecule has 0 fully saturated rings. The molecule has 0 atom stereocenters. The number of allylic oxidation sites excluding steroid dienone is 6. The Balaban J connectivity index is 0.00000139. The Kier molecular flexibility index (Phi) is 10.1. The average molecular weight is 612 g/mol. The fourth-order valence-electron chi connectivity index (χ4n) is 6.26. The third kappa shape index (κ3) is 6.08. The molecular formula is C44H41N3. The highest BCUT2D eigenvalue weighted by Crippen LogP contribution is 2.40. The highest BCUT2D eigenvalue weighted by Gasteiger charge is 2.19. The van der Waals surface area contributed by atoms with Crippen LogP contribution in [0.4, 0.5) is 0 Å². The summed E-state index contributed by atoms with van der Waals surface area (Å²) < 4.78 is 2.36. The molecule has 6 aromatic rings. The number of aliphatic imine (C=N–C) groups is 1. The molecule has 3 heteroatoms. The van der Waals surface area contributed by atoms with Gasteiger partial charge in [-0.1, -0.05) is 116 Å². The van der Waals surface area contributed by atoms with Crippen LogP contribution in [0.5, 0.6) is 0 Å². The topological polar surface area (TPSA) is 30.2 Å². The van der Waals surface area contributed by atoms with E-state index in [2.05, 4.69) is 134 Å². The number of fused-ring (bicyclic) bond motifs is 5. The van der Waals surface area contributed by atoms with Crippen LogP contribution >= 0.6 is 0 Å². The van der Waals surface area contributed by atoms with Crippen LogP contribution in [0.1, 0.15) is 37.5 Å². The van der Waals surface area contributed by atoms with E-state index in [0.29, 0.717) is 0 Å². The molecule has 0 aliphatic rings. The van der Waals surface area contributed by atoms with E-state index in [0.717, 1.165) is 77.5 Å². The van der Waals surface area contributed by atoms with Crippen molar-refractivity contribution in [3.63, 3.8) is 0 Å². The number of hydrogen-bond donors (Lipinski definition) is 0. The quantitative estimate of drug-likeness (QED) is 0.0956. The van der Waals surface area contributed by atoms with Crippen molar-refractivity contribution in [3.05, 3.63) is 164 Å². The van der Waals surface area contributed by atoms with Gasteiger partial charge >= 0.3 is 0 Å². The van der Waals surface area contributed by atoms with Gasteiger partial charge in [0.05, 0.1) is 22.2 Å². The molecule has 232 valence electrons. The van der Waals surface area contributed by atoms with Crippen LogP contribution in [-0.2, 0) is 0 Å². The molecule has 0 saturated heterocycles. The zero-order valence-corrected chi connectivity index (χ0v) is 27.8. The number of nitrogens with zero attached hydrogens (tertiary/aromatic N) is 3. The first kappa shape index (κ1) is 32.6. The summed E-state index contributed by atoms with van der Waals surface area (Å²) in [6.45, 7) is 21.7. The van der Waals surface area contributed by atoms with E-state index in [9.17, 15) is 0 Å². The van der Waals surface area contributed by atoms with E-state index in [4.69, 9.17) is 4.98 Å². The van der Waals surface area contributed by atoms with E-state index in [1.54, 1.807) is 13.1 Å². The molecule has 0 N–H and O–H groups in total. The number of aromatic nitrogens is 2. The molecular weight excluding hydrogens is 571 g/mol. The van der Waals surface area contributed by atoms with Crippen molar-refractivity contribution in [1.29, 1.82) is 0 Å². The lowest BCUT2D eigenvalue weighted by atomic mass is 9.91. The lowest BCUT2D eigenvalue weighted by Gasteiger charge is -2.18. The molecule has 0 saturated carbocycles. The fourth-order valence-corrected chi connectivity index (χ4v) is 6.26.